The number of carbonyl (C=O) groups is 2. The van der Waals surface area contributed by atoms with E-state index in [2.05, 4.69) is 27.7 Å². The maximum atomic E-state index is 12.7. The number of aliphatic hydroxyl groups excluding tert-OH is 1. The molecule has 3 aliphatic rings. The van der Waals surface area contributed by atoms with Gasteiger partial charge in [-0.15, -0.1) is 0 Å². The summed E-state index contributed by atoms with van der Waals surface area (Å²) in [5, 5.41) is 16.3. The number of likely N-dealkylation sites (tertiary alicyclic amines) is 1. The Morgan fingerprint density at radius 3 is 2.57 bits per heavy atom. The first-order valence-corrected chi connectivity index (χ1v) is 10.4. The number of piperidine rings is 1. The molecule has 2 heterocycles. The Balaban J connectivity index is 1.48. The summed E-state index contributed by atoms with van der Waals surface area (Å²) in [5.74, 6) is -0.746. The minimum Gasteiger partial charge on any atom is -0.511 e. The minimum atomic E-state index is -0.549. The van der Waals surface area contributed by atoms with Crippen LogP contribution in [-0.2, 0) is 9.59 Å². The van der Waals surface area contributed by atoms with E-state index >= 15 is 0 Å². The Morgan fingerprint density at radius 1 is 1.14 bits per heavy atom. The first-order valence-electron chi connectivity index (χ1n) is 10.4. The van der Waals surface area contributed by atoms with Gasteiger partial charge in [-0.2, -0.15) is 0 Å². The van der Waals surface area contributed by atoms with Crippen molar-refractivity contribution in [3.8, 4) is 0 Å². The molecule has 3 N–H and O–H groups in total. The summed E-state index contributed by atoms with van der Waals surface area (Å²) in [7, 11) is 1.98. The van der Waals surface area contributed by atoms with Crippen LogP contribution in [0.4, 0.5) is 5.69 Å². The second kappa shape index (κ2) is 7.95. The quantitative estimate of drug-likeness (QED) is 0.701. The van der Waals surface area contributed by atoms with Crippen LogP contribution in [0.5, 0.6) is 0 Å². The van der Waals surface area contributed by atoms with Crippen LogP contribution in [0, 0.1) is 5.92 Å². The molecule has 2 fully saturated rings. The van der Waals surface area contributed by atoms with Gasteiger partial charge in [-0.05, 0) is 56.5 Å². The molecule has 28 heavy (non-hydrogen) atoms. The Kier molecular flexibility index (Phi) is 5.40. The number of nitrogens with one attached hydrogen (secondary N) is 2. The first-order chi connectivity index (χ1) is 13.5. The van der Waals surface area contributed by atoms with Gasteiger partial charge in [-0.3, -0.25) is 9.59 Å². The molecule has 2 aliphatic heterocycles. The fraction of sp³-hybridized carbons (Fsp3) is 0.545. The Labute approximate surface area is 166 Å². The van der Waals surface area contributed by atoms with Gasteiger partial charge in [0.1, 0.15) is 11.3 Å². The van der Waals surface area contributed by atoms with E-state index in [-0.39, 0.29) is 23.3 Å². The Morgan fingerprint density at radius 2 is 1.86 bits per heavy atom. The van der Waals surface area contributed by atoms with Crippen molar-refractivity contribution in [2.45, 2.75) is 50.5 Å². The van der Waals surface area contributed by atoms with Crippen LogP contribution in [0.3, 0.4) is 0 Å². The number of anilines is 1. The SMILES string of the molecule is CN1CCC2NC(=O)C(C(=O)Nc3ccc(C4CCCCC4)cc3)=C(O)C2C1. The number of amides is 2. The van der Waals surface area contributed by atoms with Crippen LogP contribution in [0.15, 0.2) is 35.6 Å². The van der Waals surface area contributed by atoms with Crippen molar-refractivity contribution >= 4 is 17.5 Å². The lowest BCUT2D eigenvalue weighted by molar-refractivity contribution is -0.124. The molecule has 6 heteroatoms. The van der Waals surface area contributed by atoms with E-state index in [1.54, 1.807) is 0 Å². The molecule has 2 atom stereocenters. The highest BCUT2D eigenvalue weighted by molar-refractivity contribution is 6.23. The number of carbonyl (C=O) groups excluding carboxylic acids is 2. The van der Waals surface area contributed by atoms with Gasteiger partial charge < -0.3 is 20.6 Å². The predicted molar refractivity (Wildman–Crippen MR) is 108 cm³/mol. The van der Waals surface area contributed by atoms with Gasteiger partial charge in [0.05, 0.1) is 5.92 Å². The number of fused-ring (bicyclic) bond motifs is 1. The zero-order valence-corrected chi connectivity index (χ0v) is 16.4. The van der Waals surface area contributed by atoms with Crippen LogP contribution in [0.25, 0.3) is 0 Å². The van der Waals surface area contributed by atoms with Crippen molar-refractivity contribution in [2.24, 2.45) is 5.92 Å². The molecule has 0 bridgehead atoms. The van der Waals surface area contributed by atoms with E-state index in [1.807, 2.05) is 19.2 Å². The molecule has 0 radical (unpaired) electrons. The predicted octanol–water partition coefficient (Wildman–Crippen LogP) is 2.94. The zero-order chi connectivity index (χ0) is 19.7. The lowest BCUT2D eigenvalue weighted by Gasteiger charge is -2.39. The van der Waals surface area contributed by atoms with Crippen molar-refractivity contribution < 1.29 is 14.7 Å². The molecule has 0 aromatic heterocycles. The summed E-state index contributed by atoms with van der Waals surface area (Å²) in [6.07, 6.45) is 7.11. The highest BCUT2D eigenvalue weighted by Crippen LogP contribution is 2.33. The van der Waals surface area contributed by atoms with E-state index in [1.165, 1.54) is 37.7 Å². The summed E-state index contributed by atoms with van der Waals surface area (Å²) >= 11 is 0. The Hall–Kier alpha value is -2.34. The van der Waals surface area contributed by atoms with Crippen molar-refractivity contribution in [3.63, 3.8) is 0 Å². The van der Waals surface area contributed by atoms with Crippen molar-refractivity contribution in [1.29, 1.82) is 0 Å². The number of hydrogen-bond acceptors (Lipinski definition) is 4. The van der Waals surface area contributed by atoms with Crippen molar-refractivity contribution in [1.82, 2.24) is 10.2 Å². The molecule has 1 aromatic carbocycles. The van der Waals surface area contributed by atoms with E-state index in [4.69, 9.17) is 0 Å². The molecule has 1 aliphatic carbocycles. The molecule has 4 rings (SSSR count). The first kappa shape index (κ1) is 19.0. The standard InChI is InChI=1S/C22H29N3O3/c1-25-12-11-18-17(13-25)20(26)19(22(28)24-18)21(27)23-16-9-7-15(8-10-16)14-5-3-2-4-6-14/h7-10,14,17-18,26H,2-6,11-13H2,1H3,(H,23,27)(H,24,28). The molecule has 1 saturated carbocycles. The van der Waals surface area contributed by atoms with Crippen LogP contribution in [0.2, 0.25) is 0 Å². The van der Waals surface area contributed by atoms with Gasteiger partial charge in [0.15, 0.2) is 0 Å². The van der Waals surface area contributed by atoms with E-state index in [0.29, 0.717) is 18.2 Å². The highest BCUT2D eigenvalue weighted by Gasteiger charge is 2.41. The second-order valence-electron chi connectivity index (χ2n) is 8.41. The summed E-state index contributed by atoms with van der Waals surface area (Å²) in [6, 6.07) is 7.80. The monoisotopic (exact) mass is 383 g/mol. The van der Waals surface area contributed by atoms with E-state index in [0.717, 1.165) is 13.0 Å². The van der Waals surface area contributed by atoms with Gasteiger partial charge in [-0.1, -0.05) is 31.4 Å². The van der Waals surface area contributed by atoms with Gasteiger partial charge >= 0.3 is 0 Å². The molecular formula is C22H29N3O3. The number of nitrogens with zero attached hydrogens (tertiary/aromatic N) is 1. The fourth-order valence-electron chi connectivity index (χ4n) is 4.79. The molecule has 1 aromatic rings. The van der Waals surface area contributed by atoms with Gasteiger partial charge in [0.25, 0.3) is 11.8 Å². The molecule has 2 unspecified atom stereocenters. The topological polar surface area (TPSA) is 81.7 Å². The lowest BCUT2D eigenvalue weighted by atomic mass is 9.84. The molecule has 0 spiro atoms. The zero-order valence-electron chi connectivity index (χ0n) is 16.4. The summed E-state index contributed by atoms with van der Waals surface area (Å²) < 4.78 is 0. The van der Waals surface area contributed by atoms with Gasteiger partial charge in [0, 0.05) is 18.3 Å². The van der Waals surface area contributed by atoms with E-state index in [9.17, 15) is 14.7 Å². The Bertz CT molecular complexity index is 781. The number of benzene rings is 1. The van der Waals surface area contributed by atoms with Gasteiger partial charge in [0.2, 0.25) is 0 Å². The molecule has 1 saturated heterocycles. The van der Waals surface area contributed by atoms with Crippen molar-refractivity contribution in [3.05, 3.63) is 41.2 Å². The fourth-order valence-corrected chi connectivity index (χ4v) is 4.79. The van der Waals surface area contributed by atoms with Crippen LogP contribution in [-0.4, -0.2) is 48.0 Å². The number of aliphatic hydroxyl groups is 1. The van der Waals surface area contributed by atoms with Crippen LogP contribution < -0.4 is 10.6 Å². The average Bonchev–Trinajstić information content (AvgIpc) is 2.70. The third-order valence-electron chi connectivity index (χ3n) is 6.44. The molecule has 150 valence electrons. The smallest absolute Gasteiger partial charge is 0.264 e. The van der Waals surface area contributed by atoms with Crippen LogP contribution in [0.1, 0.15) is 50.0 Å². The summed E-state index contributed by atoms with van der Waals surface area (Å²) in [6.45, 7) is 1.49. The van der Waals surface area contributed by atoms with Crippen LogP contribution >= 0.6 is 0 Å². The minimum absolute atomic E-state index is 0.0865. The normalized spacial score (nSPS) is 26.5. The summed E-state index contributed by atoms with van der Waals surface area (Å²) in [5.41, 5.74) is 1.79. The number of rotatable bonds is 3. The van der Waals surface area contributed by atoms with Crippen molar-refractivity contribution in [2.75, 3.05) is 25.5 Å². The molecular weight excluding hydrogens is 354 g/mol. The maximum absolute atomic E-state index is 12.7. The lowest BCUT2D eigenvalue weighted by Crippen LogP contribution is -2.55. The second-order valence-corrected chi connectivity index (χ2v) is 8.41. The number of hydrogen-bond donors (Lipinski definition) is 3. The maximum Gasteiger partial charge on any atom is 0.264 e. The molecule has 2 amide bonds. The largest absolute Gasteiger partial charge is 0.511 e. The summed E-state index contributed by atoms with van der Waals surface area (Å²) in [4.78, 5) is 27.3. The third-order valence-corrected chi connectivity index (χ3v) is 6.44. The molecule has 6 nitrogen and oxygen atoms in total. The third kappa shape index (κ3) is 3.78. The highest BCUT2D eigenvalue weighted by atomic mass is 16.3. The van der Waals surface area contributed by atoms with E-state index < -0.39 is 11.8 Å². The van der Waals surface area contributed by atoms with Gasteiger partial charge in [-0.25, -0.2) is 0 Å². The average molecular weight is 383 g/mol.